The van der Waals surface area contributed by atoms with Crippen molar-refractivity contribution in [3.8, 4) is 17.6 Å². The predicted octanol–water partition coefficient (Wildman–Crippen LogP) is 5.20. The van der Waals surface area contributed by atoms with Gasteiger partial charge in [-0.25, -0.2) is 0 Å². The lowest BCUT2D eigenvalue weighted by Crippen LogP contribution is -2.34. The lowest BCUT2D eigenvalue weighted by atomic mass is 10.0. The largest absolute Gasteiger partial charge is 0.493 e. The van der Waals surface area contributed by atoms with Crippen molar-refractivity contribution < 1.29 is 23.8 Å². The molecular formula is C33H32N4O5. The number of anilines is 2. The van der Waals surface area contributed by atoms with Gasteiger partial charge in [-0.15, -0.1) is 0 Å². The van der Waals surface area contributed by atoms with Gasteiger partial charge in [0.25, 0.3) is 0 Å². The van der Waals surface area contributed by atoms with Crippen LogP contribution in [-0.4, -0.2) is 32.6 Å². The average molecular weight is 565 g/mol. The maximum absolute atomic E-state index is 13.8. The highest BCUT2D eigenvalue weighted by molar-refractivity contribution is 5.95. The molecule has 0 aliphatic heterocycles. The van der Waals surface area contributed by atoms with Crippen LogP contribution in [0.25, 0.3) is 0 Å². The van der Waals surface area contributed by atoms with Crippen LogP contribution in [0.5, 0.6) is 11.5 Å². The molecule has 0 saturated heterocycles. The first kappa shape index (κ1) is 29.6. The highest BCUT2D eigenvalue weighted by atomic mass is 16.5. The van der Waals surface area contributed by atoms with Crippen molar-refractivity contribution in [1.82, 2.24) is 5.32 Å². The molecular weight excluding hydrogens is 532 g/mol. The van der Waals surface area contributed by atoms with Crippen molar-refractivity contribution in [3.05, 3.63) is 119 Å². The SMILES string of the molecule is COCC(=O)Nc1cc(OCc2ccccc2)c(OC)cc1C(Nc1ccc(C#N)cc1)C(=O)NCc1ccccc1. The fourth-order valence-electron chi connectivity index (χ4n) is 4.23. The Balaban J connectivity index is 1.73. The van der Waals surface area contributed by atoms with Crippen LogP contribution in [0.15, 0.2) is 97.1 Å². The van der Waals surface area contributed by atoms with E-state index in [0.29, 0.717) is 40.5 Å². The van der Waals surface area contributed by atoms with Gasteiger partial charge in [0.2, 0.25) is 11.8 Å². The molecule has 1 unspecified atom stereocenters. The van der Waals surface area contributed by atoms with E-state index in [4.69, 9.17) is 14.2 Å². The van der Waals surface area contributed by atoms with Gasteiger partial charge < -0.3 is 30.2 Å². The standard InChI is InChI=1S/C33H32N4O5/c1-40-22-31(38)37-28-18-30(42-21-25-11-7-4-8-12-25)29(41-2)17-27(28)32(36-26-15-13-23(19-34)14-16-26)33(39)35-20-24-9-5-3-6-10-24/h3-18,32,36H,20-22H2,1-2H3,(H,35,39)(H,37,38). The summed E-state index contributed by atoms with van der Waals surface area (Å²) >= 11 is 0. The summed E-state index contributed by atoms with van der Waals surface area (Å²) in [5.74, 6) is 0.0259. The van der Waals surface area contributed by atoms with E-state index in [1.807, 2.05) is 60.7 Å². The Kier molecular flexibility index (Phi) is 10.5. The minimum absolute atomic E-state index is 0.181. The van der Waals surface area contributed by atoms with Crippen LogP contribution >= 0.6 is 0 Å². The van der Waals surface area contributed by atoms with Crippen molar-refractivity contribution in [2.24, 2.45) is 0 Å². The van der Waals surface area contributed by atoms with Crippen LogP contribution in [0.3, 0.4) is 0 Å². The van der Waals surface area contributed by atoms with Gasteiger partial charge in [0.15, 0.2) is 11.5 Å². The Morgan fingerprint density at radius 2 is 1.52 bits per heavy atom. The number of hydrogen-bond acceptors (Lipinski definition) is 7. The van der Waals surface area contributed by atoms with Crippen molar-refractivity contribution in [2.75, 3.05) is 31.5 Å². The molecule has 0 aliphatic rings. The molecule has 0 aromatic heterocycles. The first-order chi connectivity index (χ1) is 20.5. The minimum atomic E-state index is -0.962. The van der Waals surface area contributed by atoms with Crippen molar-refractivity contribution in [1.29, 1.82) is 5.26 Å². The van der Waals surface area contributed by atoms with E-state index in [0.717, 1.165) is 11.1 Å². The molecule has 4 aromatic carbocycles. The number of nitriles is 1. The third kappa shape index (κ3) is 8.10. The van der Waals surface area contributed by atoms with Gasteiger partial charge in [0.05, 0.1) is 24.4 Å². The summed E-state index contributed by atoms with van der Waals surface area (Å²) in [5.41, 5.74) is 3.76. The zero-order valence-corrected chi connectivity index (χ0v) is 23.4. The van der Waals surface area contributed by atoms with Gasteiger partial charge in [-0.2, -0.15) is 5.26 Å². The number of methoxy groups -OCH3 is 2. The van der Waals surface area contributed by atoms with E-state index >= 15 is 0 Å². The molecule has 2 amide bonds. The Labute approximate surface area is 245 Å². The molecule has 0 bridgehead atoms. The van der Waals surface area contributed by atoms with E-state index < -0.39 is 11.9 Å². The van der Waals surface area contributed by atoms with Crippen LogP contribution in [0.1, 0.15) is 28.3 Å². The summed E-state index contributed by atoms with van der Waals surface area (Å²) in [6, 6.07) is 30.4. The number of nitrogens with one attached hydrogen (secondary N) is 3. The quantitative estimate of drug-likeness (QED) is 0.204. The lowest BCUT2D eigenvalue weighted by Gasteiger charge is -2.24. The number of ether oxygens (including phenoxy) is 3. The summed E-state index contributed by atoms with van der Waals surface area (Å²) in [6.07, 6.45) is 0. The second-order valence-electron chi connectivity index (χ2n) is 9.32. The smallest absolute Gasteiger partial charge is 0.250 e. The maximum Gasteiger partial charge on any atom is 0.250 e. The van der Waals surface area contributed by atoms with Crippen molar-refractivity contribution in [2.45, 2.75) is 19.2 Å². The Morgan fingerprint density at radius 3 is 2.14 bits per heavy atom. The summed E-state index contributed by atoms with van der Waals surface area (Å²) < 4.78 is 16.8. The van der Waals surface area contributed by atoms with E-state index in [1.165, 1.54) is 14.2 Å². The molecule has 4 rings (SSSR count). The minimum Gasteiger partial charge on any atom is -0.493 e. The van der Waals surface area contributed by atoms with E-state index in [2.05, 4.69) is 22.0 Å². The molecule has 9 nitrogen and oxygen atoms in total. The Morgan fingerprint density at radius 1 is 0.857 bits per heavy atom. The molecule has 0 aliphatic carbocycles. The van der Waals surface area contributed by atoms with Crippen molar-refractivity contribution in [3.63, 3.8) is 0 Å². The first-order valence-electron chi connectivity index (χ1n) is 13.3. The van der Waals surface area contributed by atoms with E-state index in [9.17, 15) is 14.9 Å². The molecule has 0 saturated carbocycles. The summed E-state index contributed by atoms with van der Waals surface area (Å²) in [5, 5.41) is 18.3. The zero-order valence-electron chi connectivity index (χ0n) is 23.4. The van der Waals surface area contributed by atoms with Gasteiger partial charge in [0, 0.05) is 31.0 Å². The molecule has 0 radical (unpaired) electrons. The van der Waals surface area contributed by atoms with Crippen LogP contribution in [-0.2, 0) is 27.5 Å². The Hall–Kier alpha value is -5.33. The number of carbonyl (C=O) groups is 2. The monoisotopic (exact) mass is 564 g/mol. The third-order valence-corrected chi connectivity index (χ3v) is 6.33. The number of benzene rings is 4. The lowest BCUT2D eigenvalue weighted by molar-refractivity contribution is -0.122. The van der Waals surface area contributed by atoms with Crippen LogP contribution in [0, 0.1) is 11.3 Å². The average Bonchev–Trinajstić information content (AvgIpc) is 3.03. The third-order valence-electron chi connectivity index (χ3n) is 6.33. The molecule has 1 atom stereocenters. The summed E-state index contributed by atoms with van der Waals surface area (Å²) in [6.45, 7) is 0.387. The number of amides is 2. The molecule has 42 heavy (non-hydrogen) atoms. The van der Waals surface area contributed by atoms with Gasteiger partial charge in [-0.1, -0.05) is 60.7 Å². The number of hydrogen-bond donors (Lipinski definition) is 3. The second-order valence-corrected chi connectivity index (χ2v) is 9.32. The fourth-order valence-corrected chi connectivity index (χ4v) is 4.23. The highest BCUT2D eigenvalue weighted by Gasteiger charge is 2.27. The molecule has 214 valence electrons. The van der Waals surface area contributed by atoms with Crippen LogP contribution in [0.2, 0.25) is 0 Å². The fraction of sp³-hybridized carbons (Fsp3) is 0.182. The molecule has 0 heterocycles. The van der Waals surface area contributed by atoms with Gasteiger partial charge >= 0.3 is 0 Å². The normalized spacial score (nSPS) is 11.1. The predicted molar refractivity (Wildman–Crippen MR) is 160 cm³/mol. The number of carbonyl (C=O) groups excluding carboxylic acids is 2. The molecule has 0 fully saturated rings. The van der Waals surface area contributed by atoms with Gasteiger partial charge in [-0.3, -0.25) is 9.59 Å². The number of nitrogens with zero attached hydrogens (tertiary/aromatic N) is 1. The number of rotatable bonds is 13. The summed E-state index contributed by atoms with van der Waals surface area (Å²) in [7, 11) is 2.94. The van der Waals surface area contributed by atoms with Crippen LogP contribution < -0.4 is 25.4 Å². The molecule has 4 aromatic rings. The second kappa shape index (κ2) is 14.9. The summed E-state index contributed by atoms with van der Waals surface area (Å²) in [4.78, 5) is 26.5. The molecule has 0 spiro atoms. The molecule has 3 N–H and O–H groups in total. The Bertz CT molecular complexity index is 1520. The zero-order chi connectivity index (χ0) is 29.7. The van der Waals surface area contributed by atoms with Crippen molar-refractivity contribution >= 4 is 23.2 Å². The van der Waals surface area contributed by atoms with E-state index in [1.54, 1.807) is 36.4 Å². The maximum atomic E-state index is 13.8. The van der Waals surface area contributed by atoms with E-state index in [-0.39, 0.29) is 19.1 Å². The topological polar surface area (TPSA) is 122 Å². The highest BCUT2D eigenvalue weighted by Crippen LogP contribution is 2.38. The van der Waals surface area contributed by atoms with Gasteiger partial charge in [0.1, 0.15) is 19.3 Å². The first-order valence-corrected chi connectivity index (χ1v) is 13.3. The molecule has 9 heteroatoms. The van der Waals surface area contributed by atoms with Gasteiger partial charge in [-0.05, 0) is 41.5 Å². The van der Waals surface area contributed by atoms with Crippen LogP contribution in [0.4, 0.5) is 11.4 Å².